The summed E-state index contributed by atoms with van der Waals surface area (Å²) in [7, 11) is 1.63. The fourth-order valence-corrected chi connectivity index (χ4v) is 1.94. The third kappa shape index (κ3) is 3.45. The maximum atomic E-state index is 5.93. The molecule has 94 valence electrons. The number of hydrogen-bond acceptors (Lipinski definition) is 3. The minimum absolute atomic E-state index is 0.663. The summed E-state index contributed by atoms with van der Waals surface area (Å²) in [6.45, 7) is 1.47. The van der Waals surface area contributed by atoms with Crippen molar-refractivity contribution < 1.29 is 4.74 Å². The molecule has 0 aliphatic carbocycles. The monoisotopic (exact) mass is 262 g/mol. The fraction of sp³-hybridized carbons (Fsp3) is 0.214. The van der Waals surface area contributed by atoms with Crippen molar-refractivity contribution in [3.63, 3.8) is 0 Å². The van der Waals surface area contributed by atoms with Crippen molar-refractivity contribution in [2.24, 2.45) is 0 Å². The van der Waals surface area contributed by atoms with E-state index in [-0.39, 0.29) is 0 Å². The van der Waals surface area contributed by atoms with E-state index in [1.165, 1.54) is 0 Å². The molecule has 0 atom stereocenters. The van der Waals surface area contributed by atoms with Gasteiger partial charge in [-0.25, -0.2) is 4.98 Å². The first-order valence-corrected chi connectivity index (χ1v) is 6.10. The number of halogens is 1. The Bertz CT molecular complexity index is 517. The number of rotatable bonds is 5. The van der Waals surface area contributed by atoms with Crippen LogP contribution < -0.4 is 10.1 Å². The molecule has 1 N–H and O–H groups in total. The highest BCUT2D eigenvalue weighted by molar-refractivity contribution is 6.30. The Hall–Kier alpha value is -1.58. The highest BCUT2D eigenvalue weighted by Crippen LogP contribution is 2.14. The molecule has 0 aliphatic heterocycles. The lowest BCUT2D eigenvalue weighted by atomic mass is 10.2. The average Bonchev–Trinajstić information content (AvgIpc) is 2.39. The number of nitrogens with one attached hydrogen (secondary N) is 1. The molecular formula is C14H15ClN2O. The van der Waals surface area contributed by atoms with Gasteiger partial charge in [-0.05, 0) is 23.8 Å². The summed E-state index contributed by atoms with van der Waals surface area (Å²) in [4.78, 5) is 4.15. The molecule has 3 nitrogen and oxygen atoms in total. The Morgan fingerprint density at radius 1 is 1.22 bits per heavy atom. The van der Waals surface area contributed by atoms with Gasteiger partial charge in [0.1, 0.15) is 0 Å². The maximum absolute atomic E-state index is 5.93. The van der Waals surface area contributed by atoms with E-state index in [2.05, 4.69) is 10.3 Å². The smallest absolute Gasteiger partial charge is 0.217 e. The van der Waals surface area contributed by atoms with Crippen LogP contribution >= 0.6 is 11.6 Å². The molecule has 0 bridgehead atoms. The largest absolute Gasteiger partial charge is 0.481 e. The lowest BCUT2D eigenvalue weighted by Gasteiger charge is -2.08. The topological polar surface area (TPSA) is 34.1 Å². The quantitative estimate of drug-likeness (QED) is 0.899. The van der Waals surface area contributed by atoms with E-state index in [0.29, 0.717) is 12.4 Å². The van der Waals surface area contributed by atoms with Crippen LogP contribution in [0.3, 0.4) is 0 Å². The number of methoxy groups -OCH3 is 1. The molecule has 0 fully saturated rings. The number of aromatic nitrogens is 1. The van der Waals surface area contributed by atoms with Crippen molar-refractivity contribution in [3.8, 4) is 5.88 Å². The molecule has 0 saturated carbocycles. The number of hydrogen-bond donors (Lipinski definition) is 1. The third-order valence-electron chi connectivity index (χ3n) is 2.58. The van der Waals surface area contributed by atoms with E-state index in [9.17, 15) is 0 Å². The van der Waals surface area contributed by atoms with Crippen LogP contribution in [-0.2, 0) is 13.1 Å². The van der Waals surface area contributed by atoms with E-state index in [0.717, 1.165) is 22.7 Å². The van der Waals surface area contributed by atoms with Gasteiger partial charge in [0.15, 0.2) is 0 Å². The van der Waals surface area contributed by atoms with Crippen LogP contribution in [-0.4, -0.2) is 12.1 Å². The number of pyridine rings is 1. The summed E-state index contributed by atoms with van der Waals surface area (Å²) in [5, 5.41) is 4.10. The zero-order valence-electron chi connectivity index (χ0n) is 10.2. The summed E-state index contributed by atoms with van der Waals surface area (Å²) in [5.74, 6) is 0.663. The molecule has 2 rings (SSSR count). The summed E-state index contributed by atoms with van der Waals surface area (Å²) < 4.78 is 5.19. The predicted octanol–water partition coefficient (Wildman–Crippen LogP) is 3.03. The molecule has 18 heavy (non-hydrogen) atoms. The molecule has 1 heterocycles. The van der Waals surface area contributed by atoms with Gasteiger partial charge in [-0.15, -0.1) is 0 Å². The summed E-state index contributed by atoms with van der Waals surface area (Å²) in [5.41, 5.74) is 2.20. The van der Waals surface area contributed by atoms with Gasteiger partial charge in [0, 0.05) is 29.9 Å². The van der Waals surface area contributed by atoms with Crippen LogP contribution in [0.1, 0.15) is 11.1 Å². The Labute approximate surface area is 112 Å². The van der Waals surface area contributed by atoms with Crippen LogP contribution in [0.4, 0.5) is 0 Å². The molecule has 0 radical (unpaired) electrons. The van der Waals surface area contributed by atoms with E-state index in [1.807, 2.05) is 36.4 Å². The van der Waals surface area contributed by atoms with Gasteiger partial charge in [-0.2, -0.15) is 0 Å². The normalized spacial score (nSPS) is 10.3. The van der Waals surface area contributed by atoms with Crippen molar-refractivity contribution in [2.45, 2.75) is 13.1 Å². The van der Waals surface area contributed by atoms with Gasteiger partial charge in [0.2, 0.25) is 5.88 Å². The van der Waals surface area contributed by atoms with Crippen LogP contribution in [0.5, 0.6) is 5.88 Å². The number of nitrogens with zero attached hydrogens (tertiary/aromatic N) is 1. The van der Waals surface area contributed by atoms with Gasteiger partial charge in [-0.3, -0.25) is 0 Å². The molecule has 0 unspecified atom stereocenters. The second-order valence-electron chi connectivity index (χ2n) is 3.91. The highest BCUT2D eigenvalue weighted by atomic mass is 35.5. The lowest BCUT2D eigenvalue weighted by Crippen LogP contribution is -2.13. The van der Waals surface area contributed by atoms with Crippen molar-refractivity contribution in [1.29, 1.82) is 0 Å². The lowest BCUT2D eigenvalue weighted by molar-refractivity contribution is 0.390. The van der Waals surface area contributed by atoms with Gasteiger partial charge in [-0.1, -0.05) is 29.8 Å². The van der Waals surface area contributed by atoms with E-state index in [4.69, 9.17) is 16.3 Å². The van der Waals surface area contributed by atoms with Crippen LogP contribution in [0.25, 0.3) is 0 Å². The van der Waals surface area contributed by atoms with Crippen LogP contribution in [0, 0.1) is 0 Å². The average molecular weight is 263 g/mol. The molecule has 4 heteroatoms. The molecular weight excluding hydrogens is 248 g/mol. The molecule has 2 aromatic rings. The first-order chi connectivity index (χ1) is 8.79. The van der Waals surface area contributed by atoms with Crippen molar-refractivity contribution in [2.75, 3.05) is 7.11 Å². The van der Waals surface area contributed by atoms with Gasteiger partial charge >= 0.3 is 0 Å². The summed E-state index contributed by atoms with van der Waals surface area (Å²) >= 11 is 5.93. The molecule has 1 aromatic heterocycles. The third-order valence-corrected chi connectivity index (χ3v) is 2.81. The minimum atomic E-state index is 0.663. The first-order valence-electron chi connectivity index (χ1n) is 5.72. The minimum Gasteiger partial charge on any atom is -0.481 e. The number of ether oxygens (including phenoxy) is 1. The molecule has 0 aliphatic rings. The molecule has 1 aromatic carbocycles. The van der Waals surface area contributed by atoms with Crippen LogP contribution in [0.2, 0.25) is 5.02 Å². The Morgan fingerprint density at radius 3 is 2.89 bits per heavy atom. The van der Waals surface area contributed by atoms with E-state index >= 15 is 0 Å². The zero-order chi connectivity index (χ0) is 12.8. The second-order valence-corrected chi connectivity index (χ2v) is 4.34. The van der Waals surface area contributed by atoms with E-state index < -0.39 is 0 Å². The SMILES string of the molecule is COc1ncccc1CNCc1cccc(Cl)c1. The number of benzene rings is 1. The first kappa shape index (κ1) is 12.9. The van der Waals surface area contributed by atoms with Gasteiger partial charge in [0.05, 0.1) is 7.11 Å². The van der Waals surface area contributed by atoms with Crippen molar-refractivity contribution >= 4 is 11.6 Å². The van der Waals surface area contributed by atoms with Gasteiger partial charge < -0.3 is 10.1 Å². The predicted molar refractivity (Wildman–Crippen MR) is 72.8 cm³/mol. The Morgan fingerprint density at radius 2 is 2.11 bits per heavy atom. The second kappa shape index (κ2) is 6.38. The highest BCUT2D eigenvalue weighted by Gasteiger charge is 2.02. The molecule has 0 saturated heterocycles. The van der Waals surface area contributed by atoms with Crippen molar-refractivity contribution in [3.05, 3.63) is 58.7 Å². The molecule has 0 amide bonds. The van der Waals surface area contributed by atoms with Gasteiger partial charge in [0.25, 0.3) is 0 Å². The van der Waals surface area contributed by atoms with Crippen LogP contribution in [0.15, 0.2) is 42.6 Å². The maximum Gasteiger partial charge on any atom is 0.217 e. The zero-order valence-corrected chi connectivity index (χ0v) is 10.9. The summed E-state index contributed by atoms with van der Waals surface area (Å²) in [6.07, 6.45) is 1.72. The Balaban J connectivity index is 1.92. The fourth-order valence-electron chi connectivity index (χ4n) is 1.73. The standard InChI is InChI=1S/C14H15ClN2O/c1-18-14-12(5-3-7-17-14)10-16-9-11-4-2-6-13(15)8-11/h2-8,16H,9-10H2,1H3. The Kier molecular flexibility index (Phi) is 4.56. The molecule has 0 spiro atoms. The van der Waals surface area contributed by atoms with Crippen molar-refractivity contribution in [1.82, 2.24) is 10.3 Å². The summed E-state index contributed by atoms with van der Waals surface area (Å²) in [6, 6.07) is 11.7. The van der Waals surface area contributed by atoms with E-state index in [1.54, 1.807) is 13.3 Å².